The molecular formula is C12H16F3NO3. The molecule has 0 amide bonds. The number of halogens is 3. The quantitative estimate of drug-likeness (QED) is 0.834. The highest BCUT2D eigenvalue weighted by molar-refractivity contribution is 5.43. The molecule has 108 valence electrons. The Hall–Kier alpha value is -1.47. The first-order valence-electron chi connectivity index (χ1n) is 5.71. The molecule has 1 aromatic rings. The highest BCUT2D eigenvalue weighted by Crippen LogP contribution is 2.29. The lowest BCUT2D eigenvalue weighted by atomic mass is 10.2. The van der Waals surface area contributed by atoms with E-state index in [1.165, 1.54) is 6.07 Å². The number of aliphatic hydroxyl groups is 1. The fourth-order valence-electron chi connectivity index (χ4n) is 1.33. The van der Waals surface area contributed by atoms with E-state index in [1.54, 1.807) is 19.1 Å². The van der Waals surface area contributed by atoms with Crippen LogP contribution in [0.1, 0.15) is 12.5 Å². The Labute approximate surface area is 108 Å². The lowest BCUT2D eigenvalue weighted by Gasteiger charge is -2.17. The molecule has 0 radical (unpaired) electrons. The fourth-order valence-corrected chi connectivity index (χ4v) is 1.33. The van der Waals surface area contributed by atoms with Crippen LogP contribution in [0.5, 0.6) is 11.5 Å². The van der Waals surface area contributed by atoms with Gasteiger partial charge in [0.1, 0.15) is 6.61 Å². The Balaban J connectivity index is 2.77. The summed E-state index contributed by atoms with van der Waals surface area (Å²) in [4.78, 5) is 0. The lowest BCUT2D eigenvalue weighted by molar-refractivity contribution is -0.210. The molecule has 0 spiro atoms. The summed E-state index contributed by atoms with van der Waals surface area (Å²) in [6.45, 7) is 1.48. The van der Waals surface area contributed by atoms with Crippen molar-refractivity contribution >= 4 is 0 Å². The van der Waals surface area contributed by atoms with Crippen LogP contribution in [-0.2, 0) is 6.54 Å². The first-order chi connectivity index (χ1) is 8.88. The minimum Gasteiger partial charge on any atom is -0.490 e. The van der Waals surface area contributed by atoms with E-state index in [2.05, 4.69) is 0 Å². The monoisotopic (exact) mass is 279 g/mol. The molecule has 0 fully saturated rings. The largest absolute Gasteiger partial charge is 0.490 e. The summed E-state index contributed by atoms with van der Waals surface area (Å²) in [5, 5.41) is 8.86. The topological polar surface area (TPSA) is 64.7 Å². The van der Waals surface area contributed by atoms with Gasteiger partial charge in [-0.1, -0.05) is 6.07 Å². The Kier molecular flexibility index (Phi) is 5.44. The third-order valence-electron chi connectivity index (χ3n) is 2.32. The van der Waals surface area contributed by atoms with Gasteiger partial charge in [0, 0.05) is 6.54 Å². The maximum Gasteiger partial charge on any atom is 0.417 e. The lowest BCUT2D eigenvalue weighted by Crippen LogP contribution is -2.34. The molecule has 1 rings (SSSR count). The molecule has 4 nitrogen and oxygen atoms in total. The fraction of sp³-hybridized carbons (Fsp3) is 0.500. The van der Waals surface area contributed by atoms with Gasteiger partial charge < -0.3 is 20.3 Å². The van der Waals surface area contributed by atoms with E-state index in [-0.39, 0.29) is 12.3 Å². The van der Waals surface area contributed by atoms with Gasteiger partial charge in [-0.2, -0.15) is 13.2 Å². The molecule has 0 aromatic heterocycles. The molecule has 0 bridgehead atoms. The van der Waals surface area contributed by atoms with Gasteiger partial charge in [-0.05, 0) is 24.6 Å². The van der Waals surface area contributed by atoms with Crippen molar-refractivity contribution in [3.05, 3.63) is 23.8 Å². The number of ether oxygens (including phenoxy) is 2. The van der Waals surface area contributed by atoms with E-state index < -0.39 is 18.9 Å². The van der Waals surface area contributed by atoms with Crippen molar-refractivity contribution in [2.45, 2.75) is 25.7 Å². The average Bonchev–Trinajstić information content (AvgIpc) is 2.36. The van der Waals surface area contributed by atoms with Crippen LogP contribution in [0.4, 0.5) is 13.2 Å². The van der Waals surface area contributed by atoms with E-state index in [4.69, 9.17) is 20.3 Å². The van der Waals surface area contributed by atoms with Gasteiger partial charge >= 0.3 is 6.18 Å². The summed E-state index contributed by atoms with van der Waals surface area (Å²) >= 11 is 0. The maximum atomic E-state index is 12.1. The van der Waals surface area contributed by atoms with Crippen LogP contribution in [0.3, 0.4) is 0 Å². The maximum absolute atomic E-state index is 12.1. The van der Waals surface area contributed by atoms with Crippen LogP contribution >= 0.6 is 0 Å². The molecule has 0 aliphatic carbocycles. The molecule has 0 saturated heterocycles. The molecule has 0 aliphatic heterocycles. The van der Waals surface area contributed by atoms with Crippen LogP contribution in [0, 0.1) is 0 Å². The van der Waals surface area contributed by atoms with E-state index in [0.29, 0.717) is 12.4 Å². The van der Waals surface area contributed by atoms with Gasteiger partial charge in [0.05, 0.1) is 6.61 Å². The van der Waals surface area contributed by atoms with Crippen LogP contribution < -0.4 is 15.2 Å². The van der Waals surface area contributed by atoms with Crippen molar-refractivity contribution in [2.75, 3.05) is 13.2 Å². The van der Waals surface area contributed by atoms with Gasteiger partial charge in [-0.25, -0.2) is 0 Å². The van der Waals surface area contributed by atoms with Gasteiger partial charge in [-0.3, -0.25) is 0 Å². The molecule has 7 heteroatoms. The summed E-state index contributed by atoms with van der Waals surface area (Å²) in [6.07, 6.45) is -7.24. The Morgan fingerprint density at radius 2 is 1.95 bits per heavy atom. The van der Waals surface area contributed by atoms with Gasteiger partial charge in [0.2, 0.25) is 0 Å². The smallest absolute Gasteiger partial charge is 0.417 e. The summed E-state index contributed by atoms with van der Waals surface area (Å²) in [7, 11) is 0. The molecule has 3 N–H and O–H groups in total. The second kappa shape index (κ2) is 6.63. The number of nitrogens with two attached hydrogens (primary N) is 1. The average molecular weight is 279 g/mol. The summed E-state index contributed by atoms with van der Waals surface area (Å²) in [6, 6.07) is 4.69. The summed E-state index contributed by atoms with van der Waals surface area (Å²) < 4.78 is 46.6. The first-order valence-corrected chi connectivity index (χ1v) is 5.71. The van der Waals surface area contributed by atoms with E-state index in [1.807, 2.05) is 0 Å². The van der Waals surface area contributed by atoms with Crippen LogP contribution in [0.25, 0.3) is 0 Å². The summed E-state index contributed by atoms with van der Waals surface area (Å²) in [5.74, 6) is 0.446. The molecule has 1 unspecified atom stereocenters. The van der Waals surface area contributed by atoms with Crippen molar-refractivity contribution in [1.82, 2.24) is 0 Å². The van der Waals surface area contributed by atoms with Gasteiger partial charge in [-0.15, -0.1) is 0 Å². The number of hydrogen-bond acceptors (Lipinski definition) is 4. The van der Waals surface area contributed by atoms with Crippen molar-refractivity contribution in [3.63, 3.8) is 0 Å². The normalized spacial score (nSPS) is 13.2. The predicted octanol–water partition coefficient (Wildman–Crippen LogP) is 1.85. The zero-order valence-electron chi connectivity index (χ0n) is 10.4. The Morgan fingerprint density at radius 3 is 2.47 bits per heavy atom. The van der Waals surface area contributed by atoms with E-state index in [0.717, 1.165) is 5.56 Å². The zero-order chi connectivity index (χ0) is 14.5. The Morgan fingerprint density at radius 1 is 1.26 bits per heavy atom. The zero-order valence-corrected chi connectivity index (χ0v) is 10.4. The van der Waals surface area contributed by atoms with Crippen molar-refractivity contribution in [2.24, 2.45) is 5.73 Å². The van der Waals surface area contributed by atoms with E-state index in [9.17, 15) is 13.2 Å². The minimum absolute atomic E-state index is 0.141. The van der Waals surface area contributed by atoms with Crippen molar-refractivity contribution < 1.29 is 27.8 Å². The number of alkyl halides is 3. The number of hydrogen-bond donors (Lipinski definition) is 2. The van der Waals surface area contributed by atoms with Crippen molar-refractivity contribution in [3.8, 4) is 11.5 Å². The second-order valence-electron chi connectivity index (χ2n) is 3.79. The molecule has 19 heavy (non-hydrogen) atoms. The number of aliphatic hydroxyl groups excluding tert-OH is 1. The molecule has 0 aliphatic rings. The number of rotatable bonds is 6. The molecule has 0 heterocycles. The third-order valence-corrected chi connectivity index (χ3v) is 2.32. The van der Waals surface area contributed by atoms with E-state index >= 15 is 0 Å². The summed E-state index contributed by atoms with van der Waals surface area (Å²) in [5.41, 5.74) is 6.23. The molecule has 1 aromatic carbocycles. The predicted molar refractivity (Wildman–Crippen MR) is 63.1 cm³/mol. The second-order valence-corrected chi connectivity index (χ2v) is 3.79. The molecule has 0 saturated carbocycles. The number of benzene rings is 1. The minimum atomic E-state index is -4.71. The van der Waals surface area contributed by atoms with Crippen LogP contribution in [0.15, 0.2) is 18.2 Å². The molecular weight excluding hydrogens is 263 g/mol. The van der Waals surface area contributed by atoms with Gasteiger partial charge in [0.15, 0.2) is 17.6 Å². The van der Waals surface area contributed by atoms with Crippen LogP contribution in [-0.4, -0.2) is 30.6 Å². The first kappa shape index (κ1) is 15.6. The SMILES string of the molecule is CCOc1cc(CN)ccc1OCC(O)C(F)(F)F. The Bertz CT molecular complexity index is 410. The molecule has 1 atom stereocenters. The highest BCUT2D eigenvalue weighted by Gasteiger charge is 2.38. The third kappa shape index (κ3) is 4.60. The van der Waals surface area contributed by atoms with Crippen LogP contribution in [0.2, 0.25) is 0 Å². The van der Waals surface area contributed by atoms with Crippen molar-refractivity contribution in [1.29, 1.82) is 0 Å². The standard InChI is InChI=1S/C12H16F3NO3/c1-2-18-10-5-8(6-16)3-4-9(10)19-7-11(17)12(13,14)15/h3-5,11,17H,2,6-7,16H2,1H3. The highest BCUT2D eigenvalue weighted by atomic mass is 19.4. The van der Waals surface area contributed by atoms with Gasteiger partial charge in [0.25, 0.3) is 0 Å².